The number of benzene rings is 1. The molecule has 0 spiro atoms. The van der Waals surface area contributed by atoms with E-state index >= 15 is 0 Å². The molecule has 0 aliphatic heterocycles. The summed E-state index contributed by atoms with van der Waals surface area (Å²) >= 11 is 0. The van der Waals surface area contributed by atoms with Crippen LogP contribution < -0.4 is 0 Å². The fraction of sp³-hybridized carbons (Fsp3) is 0.647. The molecule has 1 rings (SSSR count). The van der Waals surface area contributed by atoms with Crippen molar-refractivity contribution in [2.75, 3.05) is 14.2 Å². The fourth-order valence-electron chi connectivity index (χ4n) is 2.52. The molecule has 0 aromatic heterocycles. The Labute approximate surface area is 135 Å². The van der Waals surface area contributed by atoms with Crippen molar-refractivity contribution in [3.05, 3.63) is 35.6 Å². The van der Waals surface area contributed by atoms with Crippen molar-refractivity contribution in [2.45, 2.75) is 58.1 Å². The Hall–Kier alpha value is -0.753. The maximum Gasteiger partial charge on any atom is 0.500 e. The molecule has 0 saturated carbocycles. The lowest BCUT2D eigenvalue weighted by Crippen LogP contribution is -2.45. The molecule has 0 radical (unpaired) electrons. The van der Waals surface area contributed by atoms with Crippen LogP contribution in [0.15, 0.2) is 24.3 Å². The largest absolute Gasteiger partial charge is 0.500 e. The van der Waals surface area contributed by atoms with Gasteiger partial charge in [0.25, 0.3) is 0 Å². The summed E-state index contributed by atoms with van der Waals surface area (Å²) in [6.45, 7) is 4.00. The van der Waals surface area contributed by atoms with E-state index in [1.807, 2.05) is 19.9 Å². The van der Waals surface area contributed by atoms with E-state index in [4.69, 9.17) is 13.3 Å². The maximum atomic E-state index is 13.1. The second-order valence-corrected chi connectivity index (χ2v) is 8.72. The van der Waals surface area contributed by atoms with Crippen LogP contribution in [0.4, 0.5) is 4.39 Å². The molecular weight excluding hydrogens is 299 g/mol. The number of halogens is 1. The van der Waals surface area contributed by atoms with E-state index < -0.39 is 8.80 Å². The Morgan fingerprint density at radius 1 is 1.05 bits per heavy atom. The third-order valence-electron chi connectivity index (χ3n) is 3.62. The first-order chi connectivity index (χ1) is 10.5. The van der Waals surface area contributed by atoms with Gasteiger partial charge in [0.1, 0.15) is 5.82 Å². The summed E-state index contributed by atoms with van der Waals surface area (Å²) in [4.78, 5) is 0. The van der Waals surface area contributed by atoms with Crippen LogP contribution >= 0.6 is 0 Å². The topological polar surface area (TPSA) is 27.7 Å². The van der Waals surface area contributed by atoms with E-state index in [2.05, 4.69) is 0 Å². The van der Waals surface area contributed by atoms with Gasteiger partial charge in [-0.25, -0.2) is 4.39 Å². The highest BCUT2D eigenvalue weighted by atomic mass is 28.4. The normalized spacial score (nSPS) is 12.1. The van der Waals surface area contributed by atoms with Gasteiger partial charge in [-0.05, 0) is 50.8 Å². The van der Waals surface area contributed by atoms with E-state index in [9.17, 15) is 4.39 Å². The molecule has 5 heteroatoms. The molecule has 0 heterocycles. The molecule has 0 aliphatic carbocycles. The van der Waals surface area contributed by atoms with E-state index in [1.54, 1.807) is 26.4 Å². The average molecular weight is 329 g/mol. The summed E-state index contributed by atoms with van der Waals surface area (Å²) in [5.74, 6) is -0.153. The minimum absolute atomic E-state index is 0.111. The molecule has 0 aliphatic rings. The minimum Gasteiger partial charge on any atom is -0.377 e. The van der Waals surface area contributed by atoms with Crippen molar-refractivity contribution in [1.29, 1.82) is 0 Å². The highest BCUT2D eigenvalue weighted by Crippen LogP contribution is 2.20. The first-order valence-corrected chi connectivity index (χ1v) is 9.97. The zero-order valence-corrected chi connectivity index (χ0v) is 15.2. The molecule has 0 N–H and O–H groups in total. The molecule has 22 heavy (non-hydrogen) atoms. The Morgan fingerprint density at radius 2 is 1.73 bits per heavy atom. The summed E-state index contributed by atoms with van der Waals surface area (Å²) in [7, 11) is 0.850. The number of hydrogen-bond donors (Lipinski definition) is 0. The van der Waals surface area contributed by atoms with Crippen LogP contribution in [0.1, 0.15) is 45.1 Å². The standard InChI is InChI=1S/C17H29FO3Si/c1-15(2)21-22(19-3,20-4)13-8-6-5-7-10-16-11-9-12-17(18)14-16/h9,11-12,14-15H,5-8,10,13H2,1-4H3. The zero-order valence-electron chi connectivity index (χ0n) is 14.2. The first-order valence-electron chi connectivity index (χ1n) is 8.04. The molecule has 0 bridgehead atoms. The Balaban J connectivity index is 2.23. The first kappa shape index (κ1) is 19.3. The van der Waals surface area contributed by atoms with Crippen molar-refractivity contribution >= 4 is 8.80 Å². The summed E-state index contributed by atoms with van der Waals surface area (Å²) < 4.78 is 30.0. The third kappa shape index (κ3) is 7.00. The van der Waals surface area contributed by atoms with Gasteiger partial charge >= 0.3 is 8.80 Å². The number of unbranched alkanes of at least 4 members (excludes halogenated alkanes) is 3. The Bertz CT molecular complexity index is 422. The molecule has 1 aromatic carbocycles. The van der Waals surface area contributed by atoms with E-state index in [0.717, 1.165) is 43.7 Å². The molecule has 0 fully saturated rings. The summed E-state index contributed by atoms with van der Waals surface area (Å²) in [6, 6.07) is 7.69. The van der Waals surface area contributed by atoms with Crippen molar-refractivity contribution in [2.24, 2.45) is 0 Å². The molecule has 0 amide bonds. The van der Waals surface area contributed by atoms with Crippen molar-refractivity contribution in [3.63, 3.8) is 0 Å². The fourth-order valence-corrected chi connectivity index (χ4v) is 4.80. The van der Waals surface area contributed by atoms with Gasteiger partial charge < -0.3 is 13.3 Å². The van der Waals surface area contributed by atoms with E-state index in [-0.39, 0.29) is 11.9 Å². The van der Waals surface area contributed by atoms with E-state index in [0.29, 0.717) is 0 Å². The van der Waals surface area contributed by atoms with Crippen molar-refractivity contribution < 1.29 is 17.7 Å². The monoisotopic (exact) mass is 328 g/mol. The van der Waals surface area contributed by atoms with Crippen LogP contribution in [-0.4, -0.2) is 29.1 Å². The Kier molecular flexibility index (Phi) is 8.86. The van der Waals surface area contributed by atoms with Gasteiger partial charge in [-0.15, -0.1) is 0 Å². The van der Waals surface area contributed by atoms with Crippen molar-refractivity contribution in [3.8, 4) is 0 Å². The number of rotatable bonds is 11. The second-order valence-electron chi connectivity index (χ2n) is 5.80. The SMILES string of the molecule is CO[Si](CCCCCCc1cccc(F)c1)(OC)OC(C)C. The van der Waals surface area contributed by atoms with Gasteiger partial charge in [0.2, 0.25) is 0 Å². The minimum atomic E-state index is -2.49. The predicted octanol–water partition coefficient (Wildman–Crippen LogP) is 4.59. The summed E-state index contributed by atoms with van der Waals surface area (Å²) in [5, 5.41) is 0. The third-order valence-corrected chi connectivity index (χ3v) is 6.67. The van der Waals surface area contributed by atoms with E-state index in [1.165, 1.54) is 6.07 Å². The highest BCUT2D eigenvalue weighted by Gasteiger charge is 2.39. The summed E-state index contributed by atoms with van der Waals surface area (Å²) in [6.07, 6.45) is 5.37. The van der Waals surface area contributed by atoms with Gasteiger partial charge in [-0.2, -0.15) is 0 Å². The van der Waals surface area contributed by atoms with Gasteiger partial charge in [0, 0.05) is 26.4 Å². The summed E-state index contributed by atoms with van der Waals surface area (Å²) in [5.41, 5.74) is 1.07. The van der Waals surface area contributed by atoms with Crippen molar-refractivity contribution in [1.82, 2.24) is 0 Å². The van der Waals surface area contributed by atoms with Gasteiger partial charge in [0.05, 0.1) is 0 Å². The molecule has 0 atom stereocenters. The average Bonchev–Trinajstić information content (AvgIpc) is 2.49. The lowest BCUT2D eigenvalue weighted by atomic mass is 10.1. The van der Waals surface area contributed by atoms with Crippen LogP contribution in [0.5, 0.6) is 0 Å². The Morgan fingerprint density at radius 3 is 2.32 bits per heavy atom. The van der Waals surface area contributed by atoms with Gasteiger partial charge in [0.15, 0.2) is 0 Å². The highest BCUT2D eigenvalue weighted by molar-refractivity contribution is 6.60. The van der Waals surface area contributed by atoms with Gasteiger partial charge in [-0.3, -0.25) is 0 Å². The zero-order chi connectivity index (χ0) is 16.4. The van der Waals surface area contributed by atoms with Gasteiger partial charge in [-0.1, -0.05) is 25.0 Å². The maximum absolute atomic E-state index is 13.1. The van der Waals surface area contributed by atoms with Crippen LogP contribution in [0.25, 0.3) is 0 Å². The molecule has 0 saturated heterocycles. The lowest BCUT2D eigenvalue weighted by molar-refractivity contribution is 0.0693. The van der Waals surface area contributed by atoms with Crippen LogP contribution in [0.2, 0.25) is 6.04 Å². The second kappa shape index (κ2) is 10.1. The molecule has 3 nitrogen and oxygen atoms in total. The molecular formula is C17H29FO3Si. The van der Waals surface area contributed by atoms with Crippen LogP contribution in [-0.2, 0) is 19.7 Å². The van der Waals surface area contributed by atoms with Crippen LogP contribution in [0.3, 0.4) is 0 Å². The molecule has 1 aromatic rings. The smallest absolute Gasteiger partial charge is 0.377 e. The molecule has 0 unspecified atom stereocenters. The lowest BCUT2D eigenvalue weighted by Gasteiger charge is -2.28. The number of aryl methyl sites for hydroxylation is 1. The number of hydrogen-bond acceptors (Lipinski definition) is 3. The quantitative estimate of drug-likeness (QED) is 0.439. The predicted molar refractivity (Wildman–Crippen MR) is 89.4 cm³/mol. The van der Waals surface area contributed by atoms with Crippen LogP contribution in [0, 0.1) is 5.82 Å². The molecule has 126 valence electrons.